The smallest absolute Gasteiger partial charge is 0.333 e. The van der Waals surface area contributed by atoms with Gasteiger partial charge >= 0.3 is 6.85 Å². The van der Waals surface area contributed by atoms with E-state index in [2.05, 4.69) is 276 Å². The molecule has 0 aromatic heterocycles. The molecule has 0 N–H and O–H groups in total. The lowest BCUT2D eigenvalue weighted by atomic mass is 9.42. The summed E-state index contributed by atoms with van der Waals surface area (Å²) in [5.41, 5.74) is 33.4. The van der Waals surface area contributed by atoms with Crippen LogP contribution in [0, 0.1) is 6.92 Å². The van der Waals surface area contributed by atoms with Gasteiger partial charge in [0, 0.05) is 50.8 Å². The van der Waals surface area contributed by atoms with Gasteiger partial charge in [-0.1, -0.05) is 207 Å². The molecule has 4 heteroatoms. The number of fused-ring (bicyclic) bond motifs is 18. The fourth-order valence-electron chi connectivity index (χ4n) is 16.4. The lowest BCUT2D eigenvalue weighted by Gasteiger charge is -2.52. The predicted molar refractivity (Wildman–Crippen MR) is 342 cm³/mol. The van der Waals surface area contributed by atoms with Gasteiger partial charge in [-0.05, 0) is 192 Å². The summed E-state index contributed by atoms with van der Waals surface area (Å²) in [5.74, 6) is 0. The van der Waals surface area contributed by atoms with Gasteiger partial charge in [-0.15, -0.1) is 0 Å². The number of rotatable bonds is 7. The second kappa shape index (κ2) is 17.1. The van der Waals surface area contributed by atoms with Crippen molar-refractivity contribution < 1.29 is 0 Å². The van der Waals surface area contributed by atoms with E-state index in [0.717, 1.165) is 29.9 Å². The van der Waals surface area contributed by atoms with E-state index < -0.39 is 5.41 Å². The molecule has 10 aromatic rings. The van der Waals surface area contributed by atoms with Gasteiger partial charge in [0.1, 0.15) is 0 Å². The van der Waals surface area contributed by atoms with Crippen LogP contribution in [0.5, 0.6) is 0 Å². The second-order valence-corrected chi connectivity index (χ2v) is 26.1. The molecule has 0 fully saturated rings. The number of benzene rings is 10. The molecule has 0 radical (unpaired) electrons. The van der Waals surface area contributed by atoms with Crippen LogP contribution < -0.4 is 25.5 Å². The average Bonchev–Trinajstić information content (AvgIpc) is 2.53. The molecule has 3 aliphatic heterocycles. The van der Waals surface area contributed by atoms with Crippen molar-refractivity contribution in [2.75, 3.05) is 14.6 Å². The van der Waals surface area contributed by atoms with Gasteiger partial charge in [0.2, 0.25) is 0 Å². The molecule has 16 rings (SSSR count). The number of hydrogen-bond acceptors (Lipinski definition) is 3. The van der Waals surface area contributed by atoms with Crippen molar-refractivity contribution in [1.29, 1.82) is 0 Å². The van der Waals surface area contributed by atoms with E-state index >= 15 is 0 Å². The molecule has 3 aliphatic carbocycles. The Balaban J connectivity index is 1.07. The molecule has 3 heterocycles. The molecular formula is C77H68BN3. The normalized spacial score (nSPS) is 16.8. The summed E-state index contributed by atoms with van der Waals surface area (Å²) < 4.78 is 0. The van der Waals surface area contributed by atoms with Crippen LogP contribution >= 0.6 is 0 Å². The Morgan fingerprint density at radius 3 is 1.74 bits per heavy atom. The average molecular weight is 1050 g/mol. The van der Waals surface area contributed by atoms with Crippen molar-refractivity contribution in [3.63, 3.8) is 0 Å². The fourth-order valence-corrected chi connectivity index (χ4v) is 16.4. The lowest BCUT2D eigenvalue weighted by molar-refractivity contribution is 0.332. The summed E-state index contributed by atoms with van der Waals surface area (Å²) >= 11 is 0. The van der Waals surface area contributed by atoms with Crippen molar-refractivity contribution in [3.05, 3.63) is 262 Å². The van der Waals surface area contributed by atoms with Gasteiger partial charge in [-0.25, -0.2) is 0 Å². The van der Waals surface area contributed by atoms with Crippen LogP contribution in [0.3, 0.4) is 0 Å². The first-order valence-corrected chi connectivity index (χ1v) is 29.9. The molecule has 0 unspecified atom stereocenters. The monoisotopic (exact) mass is 1050 g/mol. The molecule has 394 valence electrons. The number of aryl methyl sites for hydroxylation is 2. The molecule has 0 amide bonds. The maximum Gasteiger partial charge on any atom is 0.333 e. The Morgan fingerprint density at radius 1 is 0.457 bits per heavy atom. The number of anilines is 8. The van der Waals surface area contributed by atoms with Crippen LogP contribution in [-0.4, -0.2) is 6.85 Å². The van der Waals surface area contributed by atoms with Gasteiger partial charge in [0.15, 0.2) is 0 Å². The summed E-state index contributed by atoms with van der Waals surface area (Å²) in [7, 11) is 0. The van der Waals surface area contributed by atoms with E-state index in [4.69, 9.17) is 0 Å². The third-order valence-electron chi connectivity index (χ3n) is 20.3. The van der Waals surface area contributed by atoms with Crippen LogP contribution in [0.2, 0.25) is 0 Å². The molecule has 81 heavy (non-hydrogen) atoms. The summed E-state index contributed by atoms with van der Waals surface area (Å²) in [6, 6.07) is 80.5. The molecule has 10 aromatic carbocycles. The summed E-state index contributed by atoms with van der Waals surface area (Å²) in [6.07, 6.45) is 5.75. The largest absolute Gasteiger partial charge is 0.376 e. The highest BCUT2D eigenvalue weighted by atomic mass is 15.2. The van der Waals surface area contributed by atoms with E-state index in [1.54, 1.807) is 0 Å². The highest BCUT2D eigenvalue weighted by Crippen LogP contribution is 2.65. The Hall–Kier alpha value is -8.34. The van der Waals surface area contributed by atoms with Gasteiger partial charge in [-0.2, -0.15) is 0 Å². The zero-order chi connectivity index (χ0) is 54.9. The van der Waals surface area contributed by atoms with Crippen LogP contribution in [0.1, 0.15) is 130 Å². The topological polar surface area (TPSA) is 9.72 Å². The maximum atomic E-state index is 2.84. The third kappa shape index (κ3) is 6.48. The predicted octanol–water partition coefficient (Wildman–Crippen LogP) is 18.8. The fraction of sp³-hybridized carbons (Fsp3) is 0.221. The van der Waals surface area contributed by atoms with Crippen molar-refractivity contribution in [3.8, 4) is 33.4 Å². The minimum atomic E-state index is -0.565. The SMILES string of the molecule is CCCCc1ccc(N(c2ccccc2)c2cc3c4c(c2)N2c5ccccc5C5(c6ccccc6-c6ccccc65)c5cccc(c52)B4N(c2cc4c(cc2C)C(C)(C)CCC4(C)C)c2ccc4c(c2-3)C(C)(C)c2ccccc2-4)cc1. The van der Waals surface area contributed by atoms with Gasteiger partial charge in [-0.3, -0.25) is 0 Å². The van der Waals surface area contributed by atoms with Crippen molar-refractivity contribution >= 4 is 63.3 Å². The van der Waals surface area contributed by atoms with Crippen LogP contribution in [0.25, 0.3) is 33.4 Å². The summed E-state index contributed by atoms with van der Waals surface area (Å²) in [5, 5.41) is 0. The van der Waals surface area contributed by atoms with E-state index in [1.165, 1.54) is 148 Å². The quantitative estimate of drug-likeness (QED) is 0.147. The van der Waals surface area contributed by atoms with E-state index in [0.29, 0.717) is 0 Å². The number of unbranched alkanes of at least 4 members (excludes halogenated alkanes) is 1. The minimum absolute atomic E-state index is 0.00911. The second-order valence-electron chi connectivity index (χ2n) is 26.1. The molecule has 0 bridgehead atoms. The molecule has 0 saturated heterocycles. The third-order valence-corrected chi connectivity index (χ3v) is 20.3. The van der Waals surface area contributed by atoms with E-state index in [-0.39, 0.29) is 23.1 Å². The number of para-hydroxylation sites is 3. The molecule has 3 nitrogen and oxygen atoms in total. The van der Waals surface area contributed by atoms with Crippen molar-refractivity contribution in [1.82, 2.24) is 0 Å². The first kappa shape index (κ1) is 48.6. The van der Waals surface area contributed by atoms with E-state index in [9.17, 15) is 0 Å². The Morgan fingerprint density at radius 2 is 1.05 bits per heavy atom. The first-order chi connectivity index (χ1) is 39.3. The van der Waals surface area contributed by atoms with Crippen LogP contribution in [0.4, 0.5) is 45.5 Å². The standard InChI is InChI=1S/C77H68BN3/c1-9-10-23-49-36-38-51(39-37-49)79(50-24-12-11-13-25-50)52-45-57-70-67(41-40-56-55-28-14-17-29-58(55)76(7,8)71(56)70)81(68-47-64-63(44-48(68)2)74(3,4)42-43-75(64,5)6)78-65-34-22-33-62-73(65)80(69(46-52)72(57)78)66-35-21-20-32-61(66)77(62)59-30-18-15-26-53(59)54-27-16-19-31-60(54)77/h11-22,24-41,44-47H,9-10,23,42-43H2,1-8H3. The van der Waals surface area contributed by atoms with Gasteiger partial charge in [0.25, 0.3) is 0 Å². The minimum Gasteiger partial charge on any atom is -0.376 e. The van der Waals surface area contributed by atoms with Gasteiger partial charge in [0.05, 0.1) is 11.1 Å². The summed E-state index contributed by atoms with van der Waals surface area (Å²) in [6.45, 7) is 19.4. The van der Waals surface area contributed by atoms with Crippen molar-refractivity contribution in [2.24, 2.45) is 0 Å². The Kier molecular flexibility index (Phi) is 10.3. The number of nitrogens with zero attached hydrogens (tertiary/aromatic N) is 3. The zero-order valence-corrected chi connectivity index (χ0v) is 48.1. The highest BCUT2D eigenvalue weighted by molar-refractivity contribution is 6.93. The zero-order valence-electron chi connectivity index (χ0n) is 48.1. The van der Waals surface area contributed by atoms with Crippen LogP contribution in [-0.2, 0) is 28.1 Å². The van der Waals surface area contributed by atoms with Crippen LogP contribution in [0.15, 0.2) is 206 Å². The molecule has 1 spiro atoms. The summed E-state index contributed by atoms with van der Waals surface area (Å²) in [4.78, 5) is 8.10. The highest BCUT2D eigenvalue weighted by Gasteiger charge is 2.57. The molecule has 6 aliphatic rings. The lowest BCUT2D eigenvalue weighted by Crippen LogP contribution is -2.63. The molecule has 0 saturated carbocycles. The van der Waals surface area contributed by atoms with Crippen molar-refractivity contribution in [2.45, 2.75) is 109 Å². The van der Waals surface area contributed by atoms with E-state index in [1.807, 2.05) is 0 Å². The van der Waals surface area contributed by atoms with Gasteiger partial charge < -0.3 is 14.6 Å². The molecular weight excluding hydrogens is 978 g/mol. The molecule has 0 atom stereocenters. The first-order valence-electron chi connectivity index (χ1n) is 29.9. The maximum absolute atomic E-state index is 2.84. The Labute approximate surface area is 479 Å². The number of hydrogen-bond donors (Lipinski definition) is 0. The Bertz CT molecular complexity index is 4250.